The van der Waals surface area contributed by atoms with Gasteiger partial charge in [0.1, 0.15) is 23.8 Å². The van der Waals surface area contributed by atoms with E-state index >= 15 is 0 Å². The molecule has 4 nitrogen and oxygen atoms in total. The lowest BCUT2D eigenvalue weighted by Gasteiger charge is -2.13. The summed E-state index contributed by atoms with van der Waals surface area (Å²) in [7, 11) is 1.82. The lowest BCUT2D eigenvalue weighted by molar-refractivity contribution is 0.628. The number of halogens is 2. The summed E-state index contributed by atoms with van der Waals surface area (Å²) in [6, 6.07) is 4.48. The molecular formula is C14H16ClFN4. The van der Waals surface area contributed by atoms with Crippen LogP contribution in [0, 0.1) is 5.82 Å². The zero-order valence-electron chi connectivity index (χ0n) is 11.4. The van der Waals surface area contributed by atoms with Crippen LogP contribution >= 0.6 is 11.6 Å². The molecule has 0 aliphatic heterocycles. The van der Waals surface area contributed by atoms with E-state index in [-0.39, 0.29) is 5.02 Å². The normalized spacial score (nSPS) is 10.4. The van der Waals surface area contributed by atoms with E-state index in [0.717, 1.165) is 24.2 Å². The largest absolute Gasteiger partial charge is 0.373 e. The first-order valence-corrected chi connectivity index (χ1v) is 6.77. The molecule has 0 aliphatic rings. The van der Waals surface area contributed by atoms with Gasteiger partial charge in [-0.25, -0.2) is 14.4 Å². The molecule has 0 atom stereocenters. The lowest BCUT2D eigenvalue weighted by Crippen LogP contribution is -2.05. The summed E-state index contributed by atoms with van der Waals surface area (Å²) in [5.41, 5.74) is 1.69. The Morgan fingerprint density at radius 3 is 2.65 bits per heavy atom. The van der Waals surface area contributed by atoms with Gasteiger partial charge in [0.25, 0.3) is 0 Å². The van der Waals surface area contributed by atoms with Crippen LogP contribution in [0.3, 0.4) is 0 Å². The molecule has 2 aromatic rings. The molecule has 0 aliphatic carbocycles. The van der Waals surface area contributed by atoms with E-state index in [1.54, 1.807) is 6.07 Å². The van der Waals surface area contributed by atoms with Crippen molar-refractivity contribution in [1.29, 1.82) is 0 Å². The summed E-state index contributed by atoms with van der Waals surface area (Å²) in [5, 5.41) is 6.29. The molecule has 6 heteroatoms. The van der Waals surface area contributed by atoms with Crippen molar-refractivity contribution < 1.29 is 4.39 Å². The van der Waals surface area contributed by atoms with Gasteiger partial charge in [0.05, 0.1) is 5.02 Å². The topological polar surface area (TPSA) is 49.8 Å². The molecule has 0 saturated carbocycles. The highest BCUT2D eigenvalue weighted by Gasteiger charge is 2.10. The molecule has 0 unspecified atom stereocenters. The maximum atomic E-state index is 13.2. The predicted octanol–water partition coefficient (Wildman–Crippen LogP) is 4.01. The van der Waals surface area contributed by atoms with Gasteiger partial charge in [0.2, 0.25) is 0 Å². The Balaban J connectivity index is 2.34. The second kappa shape index (κ2) is 6.52. The third-order valence-corrected chi connectivity index (χ3v) is 3.15. The maximum absolute atomic E-state index is 13.2. The first kappa shape index (κ1) is 14.5. The number of nitrogens with zero attached hydrogens (tertiary/aromatic N) is 2. The molecule has 2 rings (SSSR count). The van der Waals surface area contributed by atoms with E-state index in [0.29, 0.717) is 11.5 Å². The van der Waals surface area contributed by atoms with Crippen LogP contribution in [0.5, 0.6) is 0 Å². The Labute approximate surface area is 122 Å². The number of hydrogen-bond donors (Lipinski definition) is 2. The van der Waals surface area contributed by atoms with E-state index in [1.807, 2.05) is 7.05 Å². The Bertz CT molecular complexity index is 604. The molecule has 0 fully saturated rings. The molecule has 1 heterocycles. The first-order valence-electron chi connectivity index (χ1n) is 6.39. The van der Waals surface area contributed by atoms with Gasteiger partial charge >= 0.3 is 0 Å². The summed E-state index contributed by atoms with van der Waals surface area (Å²) in [5.74, 6) is 1.05. The van der Waals surface area contributed by atoms with Crippen LogP contribution in [0.15, 0.2) is 24.5 Å². The summed E-state index contributed by atoms with van der Waals surface area (Å²) in [6.45, 7) is 2.09. The predicted molar refractivity (Wildman–Crippen MR) is 80.3 cm³/mol. The second-order valence-electron chi connectivity index (χ2n) is 4.30. The van der Waals surface area contributed by atoms with Crippen LogP contribution in [-0.4, -0.2) is 17.0 Å². The van der Waals surface area contributed by atoms with Gasteiger partial charge in [-0.2, -0.15) is 0 Å². The van der Waals surface area contributed by atoms with Gasteiger partial charge in [0, 0.05) is 18.3 Å². The fraction of sp³-hybridized carbons (Fsp3) is 0.286. The highest BCUT2D eigenvalue weighted by Crippen LogP contribution is 2.26. The van der Waals surface area contributed by atoms with E-state index < -0.39 is 5.82 Å². The molecule has 1 aromatic carbocycles. The van der Waals surface area contributed by atoms with E-state index in [2.05, 4.69) is 27.5 Å². The number of rotatable bonds is 5. The molecule has 0 spiro atoms. The highest BCUT2D eigenvalue weighted by atomic mass is 35.5. The number of anilines is 3. The van der Waals surface area contributed by atoms with Gasteiger partial charge < -0.3 is 10.6 Å². The molecule has 0 radical (unpaired) electrons. The minimum Gasteiger partial charge on any atom is -0.373 e. The summed E-state index contributed by atoms with van der Waals surface area (Å²) in [6.07, 6.45) is 3.30. The van der Waals surface area contributed by atoms with Crippen molar-refractivity contribution in [2.75, 3.05) is 17.7 Å². The minimum absolute atomic E-state index is 0.0786. The smallest absolute Gasteiger partial charge is 0.141 e. The van der Waals surface area contributed by atoms with Gasteiger partial charge in [0.15, 0.2) is 0 Å². The molecule has 0 saturated heterocycles. The van der Waals surface area contributed by atoms with Crippen molar-refractivity contribution in [3.63, 3.8) is 0 Å². The number of hydrogen-bond acceptors (Lipinski definition) is 4. The van der Waals surface area contributed by atoms with Crippen molar-refractivity contribution in [2.45, 2.75) is 19.8 Å². The van der Waals surface area contributed by atoms with Crippen molar-refractivity contribution in [2.24, 2.45) is 0 Å². The Morgan fingerprint density at radius 1 is 1.25 bits per heavy atom. The molecule has 1 aromatic heterocycles. The van der Waals surface area contributed by atoms with Crippen LogP contribution in [0.25, 0.3) is 0 Å². The molecule has 20 heavy (non-hydrogen) atoms. The Kier molecular flexibility index (Phi) is 4.74. The fourth-order valence-electron chi connectivity index (χ4n) is 1.93. The van der Waals surface area contributed by atoms with Crippen LogP contribution in [0.2, 0.25) is 5.02 Å². The Hall–Kier alpha value is -1.88. The van der Waals surface area contributed by atoms with Gasteiger partial charge in [-0.1, -0.05) is 24.9 Å². The summed E-state index contributed by atoms with van der Waals surface area (Å²) in [4.78, 5) is 8.46. The summed E-state index contributed by atoms with van der Waals surface area (Å²) >= 11 is 5.78. The van der Waals surface area contributed by atoms with Crippen LogP contribution in [-0.2, 0) is 6.42 Å². The standard InChI is InChI=1S/C14H16ClFN4/c1-3-4-10-13(17-2)18-8-19-14(10)20-9-5-6-12(16)11(15)7-9/h5-8H,3-4H2,1-2H3,(H2,17,18,19,20). The van der Waals surface area contributed by atoms with Gasteiger partial charge in [-0.15, -0.1) is 0 Å². The van der Waals surface area contributed by atoms with E-state index in [1.165, 1.54) is 18.5 Å². The quantitative estimate of drug-likeness (QED) is 0.875. The lowest BCUT2D eigenvalue weighted by atomic mass is 10.1. The van der Waals surface area contributed by atoms with Crippen molar-refractivity contribution >= 4 is 28.9 Å². The van der Waals surface area contributed by atoms with Crippen molar-refractivity contribution in [3.8, 4) is 0 Å². The van der Waals surface area contributed by atoms with Crippen LogP contribution in [0.4, 0.5) is 21.7 Å². The monoisotopic (exact) mass is 294 g/mol. The van der Waals surface area contributed by atoms with Gasteiger partial charge in [-0.05, 0) is 24.6 Å². The van der Waals surface area contributed by atoms with Crippen molar-refractivity contribution in [3.05, 3.63) is 40.9 Å². The number of benzene rings is 1. The molecular weight excluding hydrogens is 279 g/mol. The average molecular weight is 295 g/mol. The number of aromatic nitrogens is 2. The average Bonchev–Trinajstić information content (AvgIpc) is 2.45. The number of nitrogens with one attached hydrogen (secondary N) is 2. The molecule has 0 bridgehead atoms. The van der Waals surface area contributed by atoms with E-state index in [9.17, 15) is 4.39 Å². The first-order chi connectivity index (χ1) is 9.65. The molecule has 2 N–H and O–H groups in total. The van der Waals surface area contributed by atoms with Crippen molar-refractivity contribution in [1.82, 2.24) is 9.97 Å². The summed E-state index contributed by atoms with van der Waals surface area (Å²) < 4.78 is 13.2. The zero-order valence-corrected chi connectivity index (χ0v) is 12.1. The highest BCUT2D eigenvalue weighted by molar-refractivity contribution is 6.31. The third-order valence-electron chi connectivity index (χ3n) is 2.86. The van der Waals surface area contributed by atoms with Crippen LogP contribution < -0.4 is 10.6 Å². The second-order valence-corrected chi connectivity index (χ2v) is 4.71. The molecule has 0 amide bonds. The SMILES string of the molecule is CCCc1c(NC)ncnc1Nc1ccc(F)c(Cl)c1. The minimum atomic E-state index is -0.440. The van der Waals surface area contributed by atoms with E-state index in [4.69, 9.17) is 11.6 Å². The fourth-order valence-corrected chi connectivity index (χ4v) is 2.11. The Morgan fingerprint density at radius 2 is 2.00 bits per heavy atom. The molecule has 106 valence electrons. The maximum Gasteiger partial charge on any atom is 0.141 e. The third kappa shape index (κ3) is 3.17. The van der Waals surface area contributed by atoms with Crippen LogP contribution in [0.1, 0.15) is 18.9 Å². The zero-order chi connectivity index (χ0) is 14.5. The van der Waals surface area contributed by atoms with Gasteiger partial charge in [-0.3, -0.25) is 0 Å².